The summed E-state index contributed by atoms with van der Waals surface area (Å²) in [7, 11) is 0. The van der Waals surface area contributed by atoms with Gasteiger partial charge in [0.15, 0.2) is 0 Å². The molecule has 0 aliphatic carbocycles. The first-order valence-corrected chi connectivity index (χ1v) is 10.2. The quantitative estimate of drug-likeness (QED) is 0.396. The molecule has 1 atom stereocenters. The summed E-state index contributed by atoms with van der Waals surface area (Å²) in [4.78, 5) is 33.5. The van der Waals surface area contributed by atoms with Crippen molar-refractivity contribution >= 4 is 17.4 Å². The van der Waals surface area contributed by atoms with Gasteiger partial charge in [-0.05, 0) is 55.9 Å². The lowest BCUT2D eigenvalue weighted by Gasteiger charge is -2.26. The predicted molar refractivity (Wildman–Crippen MR) is 114 cm³/mol. The number of Topliss-reactive ketones (excluding diaryl/α,β-unsaturated/α-hetero) is 1. The number of aromatic hydroxyl groups is 1. The summed E-state index contributed by atoms with van der Waals surface area (Å²) >= 11 is 0. The van der Waals surface area contributed by atoms with Crippen molar-refractivity contribution in [2.45, 2.75) is 26.3 Å². The highest BCUT2D eigenvalue weighted by Crippen LogP contribution is 2.39. The number of carbonyl (C=O) groups excluding carboxylic acids is 2. The van der Waals surface area contributed by atoms with Crippen LogP contribution in [0, 0.1) is 0 Å². The van der Waals surface area contributed by atoms with Crippen LogP contribution in [-0.2, 0) is 9.59 Å². The Morgan fingerprint density at radius 2 is 1.70 bits per heavy atom. The molecule has 1 aromatic heterocycles. The second-order valence-corrected chi connectivity index (χ2v) is 7.20. The van der Waals surface area contributed by atoms with Crippen molar-refractivity contribution < 1.29 is 19.8 Å². The van der Waals surface area contributed by atoms with Crippen LogP contribution in [0.3, 0.4) is 0 Å². The minimum atomic E-state index is -0.713. The lowest BCUT2D eigenvalue weighted by atomic mass is 9.95. The molecule has 3 rings (SSSR count). The Morgan fingerprint density at radius 3 is 2.30 bits per heavy atom. The summed E-state index contributed by atoms with van der Waals surface area (Å²) < 4.78 is 0. The largest absolute Gasteiger partial charge is 0.508 e. The van der Waals surface area contributed by atoms with Crippen molar-refractivity contribution in [3.8, 4) is 5.75 Å². The van der Waals surface area contributed by atoms with Crippen LogP contribution in [0.15, 0.2) is 54.4 Å². The van der Waals surface area contributed by atoms with Gasteiger partial charge in [-0.2, -0.15) is 0 Å². The second-order valence-electron chi connectivity index (χ2n) is 7.20. The molecule has 7 nitrogen and oxygen atoms in total. The Morgan fingerprint density at radius 1 is 1.07 bits per heavy atom. The molecule has 1 saturated heterocycles. The van der Waals surface area contributed by atoms with Gasteiger partial charge in [-0.25, -0.2) is 0 Å². The average Bonchev–Trinajstić information content (AvgIpc) is 3.02. The normalized spacial score (nSPS) is 18.4. The first kappa shape index (κ1) is 21.5. The van der Waals surface area contributed by atoms with Gasteiger partial charge >= 0.3 is 0 Å². The highest BCUT2D eigenvalue weighted by atomic mass is 16.3. The molecule has 0 radical (unpaired) electrons. The molecule has 1 aliphatic heterocycles. The summed E-state index contributed by atoms with van der Waals surface area (Å²) in [5.74, 6) is -1.46. The van der Waals surface area contributed by atoms with E-state index in [0.717, 1.165) is 19.6 Å². The van der Waals surface area contributed by atoms with Crippen molar-refractivity contribution in [3.63, 3.8) is 0 Å². The Bertz CT molecular complexity index is 921. The van der Waals surface area contributed by atoms with E-state index in [0.29, 0.717) is 24.1 Å². The summed E-state index contributed by atoms with van der Waals surface area (Å²) in [6.07, 6.45) is 3.74. The zero-order chi connectivity index (χ0) is 21.7. The Balaban J connectivity index is 2.00. The molecule has 1 aromatic carbocycles. The van der Waals surface area contributed by atoms with Gasteiger partial charge in [-0.1, -0.05) is 26.0 Å². The van der Waals surface area contributed by atoms with E-state index in [1.165, 1.54) is 29.4 Å². The standard InChI is InChI=1S/C23H27N3O4/c1-3-25(4-2)14-5-15-26-20(16-6-8-18(27)9-7-16)19(22(29)23(26)30)21(28)17-10-12-24-13-11-17/h6-13,20,27-28H,3-5,14-15H2,1-2H3. The summed E-state index contributed by atoms with van der Waals surface area (Å²) in [6.45, 7) is 7.20. The van der Waals surface area contributed by atoms with Gasteiger partial charge in [0.2, 0.25) is 0 Å². The maximum absolute atomic E-state index is 12.9. The van der Waals surface area contributed by atoms with Crippen molar-refractivity contribution in [2.24, 2.45) is 0 Å². The highest BCUT2D eigenvalue weighted by Gasteiger charge is 2.45. The fourth-order valence-corrected chi connectivity index (χ4v) is 3.78. The van der Waals surface area contributed by atoms with Crippen molar-refractivity contribution in [1.82, 2.24) is 14.8 Å². The van der Waals surface area contributed by atoms with Gasteiger partial charge in [0.1, 0.15) is 11.5 Å². The van der Waals surface area contributed by atoms with E-state index in [2.05, 4.69) is 23.7 Å². The van der Waals surface area contributed by atoms with Gasteiger partial charge in [0.25, 0.3) is 11.7 Å². The maximum atomic E-state index is 12.9. The number of phenols is 1. The average molecular weight is 409 g/mol. The van der Waals surface area contributed by atoms with Gasteiger partial charge in [-0.15, -0.1) is 0 Å². The van der Waals surface area contributed by atoms with Crippen molar-refractivity contribution in [1.29, 1.82) is 0 Å². The van der Waals surface area contributed by atoms with Crippen LogP contribution in [-0.4, -0.2) is 62.9 Å². The Labute approximate surface area is 176 Å². The van der Waals surface area contributed by atoms with E-state index in [1.807, 2.05) is 0 Å². The second kappa shape index (κ2) is 9.54. The Hall–Kier alpha value is -3.19. The van der Waals surface area contributed by atoms with Crippen LogP contribution >= 0.6 is 0 Å². The topological polar surface area (TPSA) is 94.0 Å². The molecule has 1 fully saturated rings. The van der Waals surface area contributed by atoms with E-state index in [-0.39, 0.29) is 17.1 Å². The lowest BCUT2D eigenvalue weighted by molar-refractivity contribution is -0.140. The van der Waals surface area contributed by atoms with Crippen LogP contribution in [0.5, 0.6) is 5.75 Å². The number of aliphatic hydroxyl groups excluding tert-OH is 1. The van der Waals surface area contributed by atoms with Crippen LogP contribution in [0.4, 0.5) is 0 Å². The Kier molecular flexibility index (Phi) is 6.84. The number of hydrogen-bond donors (Lipinski definition) is 2. The van der Waals surface area contributed by atoms with Crippen molar-refractivity contribution in [2.75, 3.05) is 26.2 Å². The molecule has 0 bridgehead atoms. The lowest BCUT2D eigenvalue weighted by Crippen LogP contribution is -2.33. The van der Waals surface area contributed by atoms with Crippen LogP contribution in [0.1, 0.15) is 37.4 Å². The number of benzene rings is 1. The number of ketones is 1. The van der Waals surface area contributed by atoms with Gasteiger partial charge < -0.3 is 20.0 Å². The molecule has 2 N–H and O–H groups in total. The first-order chi connectivity index (χ1) is 14.5. The number of amides is 1. The SMILES string of the molecule is CCN(CC)CCCN1C(=O)C(=O)C(=C(O)c2ccncc2)C1c1ccc(O)cc1. The predicted octanol–water partition coefficient (Wildman–Crippen LogP) is 2.94. The van der Waals surface area contributed by atoms with Gasteiger partial charge in [0.05, 0.1) is 11.6 Å². The highest BCUT2D eigenvalue weighted by molar-refractivity contribution is 6.46. The van der Waals surface area contributed by atoms with Gasteiger partial charge in [-0.3, -0.25) is 14.6 Å². The minimum absolute atomic E-state index is 0.0553. The van der Waals surface area contributed by atoms with Crippen LogP contribution in [0.2, 0.25) is 0 Å². The molecule has 0 spiro atoms. The third-order valence-electron chi connectivity index (χ3n) is 5.47. The van der Waals surface area contributed by atoms with Crippen molar-refractivity contribution in [3.05, 3.63) is 65.5 Å². The number of aliphatic hydroxyl groups is 1. The molecular weight excluding hydrogens is 382 g/mol. The fourth-order valence-electron chi connectivity index (χ4n) is 3.78. The number of nitrogens with zero attached hydrogens (tertiary/aromatic N) is 3. The van der Waals surface area contributed by atoms with E-state index < -0.39 is 17.7 Å². The third kappa shape index (κ3) is 4.36. The molecule has 7 heteroatoms. The minimum Gasteiger partial charge on any atom is -0.508 e. The van der Waals surface area contributed by atoms with E-state index in [1.54, 1.807) is 24.3 Å². The molecule has 0 saturated carbocycles. The first-order valence-electron chi connectivity index (χ1n) is 10.2. The molecule has 158 valence electrons. The van der Waals surface area contributed by atoms with Crippen LogP contribution in [0.25, 0.3) is 5.76 Å². The molecule has 30 heavy (non-hydrogen) atoms. The molecule has 1 aliphatic rings. The number of likely N-dealkylation sites (tertiary alicyclic amines) is 1. The molecule has 1 unspecified atom stereocenters. The fraction of sp³-hybridized carbons (Fsp3) is 0.348. The zero-order valence-electron chi connectivity index (χ0n) is 17.3. The summed E-state index contributed by atoms with van der Waals surface area (Å²) in [5.41, 5.74) is 1.14. The van der Waals surface area contributed by atoms with E-state index in [4.69, 9.17) is 0 Å². The number of phenolic OH excluding ortho intramolecular Hbond substituents is 1. The molecular formula is C23H27N3O4. The zero-order valence-corrected chi connectivity index (χ0v) is 17.3. The molecule has 2 heterocycles. The van der Waals surface area contributed by atoms with Crippen LogP contribution < -0.4 is 0 Å². The van der Waals surface area contributed by atoms with E-state index >= 15 is 0 Å². The molecule has 2 aromatic rings. The maximum Gasteiger partial charge on any atom is 0.295 e. The smallest absolute Gasteiger partial charge is 0.295 e. The number of carbonyl (C=O) groups is 2. The summed E-state index contributed by atoms with van der Waals surface area (Å²) in [5, 5.41) is 20.6. The van der Waals surface area contributed by atoms with E-state index in [9.17, 15) is 19.8 Å². The van der Waals surface area contributed by atoms with Gasteiger partial charge in [0, 0.05) is 24.5 Å². The number of rotatable bonds is 8. The number of pyridine rings is 1. The summed E-state index contributed by atoms with van der Waals surface area (Å²) in [6, 6.07) is 8.84. The molecule has 1 amide bonds. The number of aromatic nitrogens is 1. The third-order valence-corrected chi connectivity index (χ3v) is 5.47. The monoisotopic (exact) mass is 409 g/mol. The number of hydrogen-bond acceptors (Lipinski definition) is 6.